The Morgan fingerprint density at radius 3 is 3.26 bits per heavy atom. The number of fused-ring (bicyclic) bond motifs is 2. The maximum atomic E-state index is 5.25. The van der Waals surface area contributed by atoms with Gasteiger partial charge in [-0.15, -0.1) is 0 Å². The summed E-state index contributed by atoms with van der Waals surface area (Å²) in [6, 6.07) is 6.35. The van der Waals surface area contributed by atoms with E-state index in [2.05, 4.69) is 32.6 Å². The summed E-state index contributed by atoms with van der Waals surface area (Å²) in [5.41, 5.74) is 5.28. The molecule has 5 heteroatoms. The van der Waals surface area contributed by atoms with E-state index in [0.717, 1.165) is 35.3 Å². The maximum absolute atomic E-state index is 5.25. The second-order valence-corrected chi connectivity index (χ2v) is 4.93. The lowest BCUT2D eigenvalue weighted by molar-refractivity contribution is 0.450. The Kier molecular flexibility index (Phi) is 2.22. The highest BCUT2D eigenvalue weighted by atomic mass is 16.5. The molecule has 5 nitrogen and oxygen atoms in total. The van der Waals surface area contributed by atoms with Crippen molar-refractivity contribution in [3.05, 3.63) is 47.2 Å². The van der Waals surface area contributed by atoms with Gasteiger partial charge in [-0.1, -0.05) is 11.2 Å². The van der Waals surface area contributed by atoms with Crippen LogP contribution in [-0.4, -0.2) is 21.7 Å². The molecule has 0 saturated carbocycles. The summed E-state index contributed by atoms with van der Waals surface area (Å²) in [5, 5.41) is 8.59. The number of H-pyrrole nitrogens is 1. The van der Waals surface area contributed by atoms with Gasteiger partial charge in [-0.2, -0.15) is 0 Å². The van der Waals surface area contributed by atoms with Crippen LogP contribution in [0.2, 0.25) is 0 Å². The van der Waals surface area contributed by atoms with E-state index in [1.807, 2.05) is 13.0 Å². The standard InChI is InChI=1S/C14H14N4O/c1-8-10-6-9(2-3-12(10)19-18-8)13-14-11(4-5-15-13)16-7-17-14/h2-3,6-7,13,15H,4-5H2,1H3,(H,16,17). The molecule has 1 unspecified atom stereocenters. The highest BCUT2D eigenvalue weighted by Crippen LogP contribution is 2.29. The zero-order valence-electron chi connectivity index (χ0n) is 10.6. The Bertz CT molecular complexity index is 743. The van der Waals surface area contributed by atoms with Crippen LogP contribution in [0.25, 0.3) is 11.0 Å². The average Bonchev–Trinajstić information content (AvgIpc) is 3.05. The van der Waals surface area contributed by atoms with Crippen molar-refractivity contribution < 1.29 is 4.52 Å². The van der Waals surface area contributed by atoms with Crippen LogP contribution in [0.5, 0.6) is 0 Å². The number of aryl methyl sites for hydroxylation is 1. The highest BCUT2D eigenvalue weighted by molar-refractivity contribution is 5.80. The first-order valence-electron chi connectivity index (χ1n) is 6.44. The fraction of sp³-hybridized carbons (Fsp3) is 0.286. The summed E-state index contributed by atoms with van der Waals surface area (Å²) in [6.45, 7) is 2.92. The predicted octanol–water partition coefficient (Wildman–Crippen LogP) is 2.09. The number of imidazole rings is 1. The number of aromatic amines is 1. The molecule has 0 aliphatic carbocycles. The second-order valence-electron chi connectivity index (χ2n) is 4.93. The SMILES string of the molecule is Cc1noc2ccc(C3NCCc4[nH]cnc43)cc12. The Labute approximate surface area is 110 Å². The molecule has 0 amide bonds. The molecule has 3 heterocycles. The number of rotatable bonds is 1. The number of nitrogens with one attached hydrogen (secondary N) is 2. The van der Waals surface area contributed by atoms with E-state index in [0.29, 0.717) is 0 Å². The van der Waals surface area contributed by atoms with E-state index in [9.17, 15) is 0 Å². The van der Waals surface area contributed by atoms with E-state index in [1.54, 1.807) is 6.33 Å². The number of hydrogen-bond donors (Lipinski definition) is 2. The van der Waals surface area contributed by atoms with E-state index in [4.69, 9.17) is 4.52 Å². The second kappa shape index (κ2) is 3.93. The zero-order chi connectivity index (χ0) is 12.8. The summed E-state index contributed by atoms with van der Waals surface area (Å²) in [5.74, 6) is 0. The predicted molar refractivity (Wildman–Crippen MR) is 70.9 cm³/mol. The third kappa shape index (κ3) is 1.58. The van der Waals surface area contributed by atoms with Gasteiger partial charge in [0.2, 0.25) is 0 Å². The number of hydrogen-bond acceptors (Lipinski definition) is 4. The maximum Gasteiger partial charge on any atom is 0.167 e. The summed E-state index contributed by atoms with van der Waals surface area (Å²) in [6.07, 6.45) is 2.77. The molecular formula is C14H14N4O. The Morgan fingerprint density at radius 2 is 2.32 bits per heavy atom. The monoisotopic (exact) mass is 254 g/mol. The zero-order valence-corrected chi connectivity index (χ0v) is 10.6. The van der Waals surface area contributed by atoms with Crippen molar-refractivity contribution in [3.63, 3.8) is 0 Å². The molecule has 19 heavy (non-hydrogen) atoms. The molecule has 0 radical (unpaired) electrons. The van der Waals surface area contributed by atoms with Gasteiger partial charge in [0.05, 0.1) is 23.8 Å². The molecule has 0 saturated heterocycles. The molecule has 2 aromatic heterocycles. The van der Waals surface area contributed by atoms with Gasteiger partial charge in [0.1, 0.15) is 0 Å². The summed E-state index contributed by atoms with van der Waals surface area (Å²) >= 11 is 0. The fourth-order valence-electron chi connectivity index (χ4n) is 2.75. The first-order valence-corrected chi connectivity index (χ1v) is 6.44. The van der Waals surface area contributed by atoms with Crippen LogP contribution in [0.3, 0.4) is 0 Å². The first kappa shape index (κ1) is 10.8. The van der Waals surface area contributed by atoms with Crippen molar-refractivity contribution in [1.82, 2.24) is 20.4 Å². The largest absolute Gasteiger partial charge is 0.356 e. The molecule has 2 N–H and O–H groups in total. The van der Waals surface area contributed by atoms with Gasteiger partial charge in [0.25, 0.3) is 0 Å². The van der Waals surface area contributed by atoms with Gasteiger partial charge in [-0.25, -0.2) is 4.98 Å². The number of aromatic nitrogens is 3. The molecule has 1 aliphatic heterocycles. The quantitative estimate of drug-likeness (QED) is 0.698. The minimum absolute atomic E-state index is 0.147. The van der Waals surface area contributed by atoms with E-state index >= 15 is 0 Å². The van der Waals surface area contributed by atoms with Gasteiger partial charge in [-0.3, -0.25) is 0 Å². The van der Waals surface area contributed by atoms with Crippen LogP contribution in [0.4, 0.5) is 0 Å². The minimum Gasteiger partial charge on any atom is -0.356 e. The van der Waals surface area contributed by atoms with Gasteiger partial charge in [0, 0.05) is 24.0 Å². The number of benzene rings is 1. The highest BCUT2D eigenvalue weighted by Gasteiger charge is 2.24. The number of nitrogens with zero attached hydrogens (tertiary/aromatic N) is 2. The van der Waals surface area contributed by atoms with Crippen molar-refractivity contribution in [2.45, 2.75) is 19.4 Å². The lowest BCUT2D eigenvalue weighted by Crippen LogP contribution is -2.30. The van der Waals surface area contributed by atoms with Crippen LogP contribution >= 0.6 is 0 Å². The Hall–Kier alpha value is -2.14. The van der Waals surface area contributed by atoms with Gasteiger partial charge < -0.3 is 14.8 Å². The first-order chi connectivity index (χ1) is 9.33. The van der Waals surface area contributed by atoms with Crippen LogP contribution in [0, 0.1) is 6.92 Å². The minimum atomic E-state index is 0.147. The van der Waals surface area contributed by atoms with Crippen LogP contribution in [0.1, 0.15) is 28.7 Å². The molecule has 1 aliphatic rings. The Balaban J connectivity index is 1.85. The third-order valence-electron chi connectivity index (χ3n) is 3.76. The third-order valence-corrected chi connectivity index (χ3v) is 3.76. The normalized spacial score (nSPS) is 18.7. The van der Waals surface area contributed by atoms with Gasteiger partial charge in [0.15, 0.2) is 5.58 Å². The van der Waals surface area contributed by atoms with E-state index < -0.39 is 0 Å². The van der Waals surface area contributed by atoms with Crippen LogP contribution < -0.4 is 5.32 Å². The van der Waals surface area contributed by atoms with E-state index in [1.165, 1.54) is 11.3 Å². The average molecular weight is 254 g/mol. The van der Waals surface area contributed by atoms with Crippen LogP contribution in [0.15, 0.2) is 29.0 Å². The summed E-state index contributed by atoms with van der Waals surface area (Å²) in [7, 11) is 0. The smallest absolute Gasteiger partial charge is 0.167 e. The van der Waals surface area contributed by atoms with Gasteiger partial charge in [-0.05, 0) is 24.6 Å². The van der Waals surface area contributed by atoms with Crippen molar-refractivity contribution in [3.8, 4) is 0 Å². The molecule has 4 rings (SSSR count). The molecule has 96 valence electrons. The van der Waals surface area contributed by atoms with Crippen molar-refractivity contribution in [2.24, 2.45) is 0 Å². The lowest BCUT2D eigenvalue weighted by atomic mass is 9.97. The van der Waals surface area contributed by atoms with Crippen LogP contribution in [-0.2, 0) is 6.42 Å². The summed E-state index contributed by atoms with van der Waals surface area (Å²) < 4.78 is 5.25. The molecule has 1 aromatic carbocycles. The molecule has 0 spiro atoms. The topological polar surface area (TPSA) is 66.7 Å². The van der Waals surface area contributed by atoms with Crippen molar-refractivity contribution >= 4 is 11.0 Å². The van der Waals surface area contributed by atoms with Crippen molar-refractivity contribution in [2.75, 3.05) is 6.54 Å². The van der Waals surface area contributed by atoms with Gasteiger partial charge >= 0.3 is 0 Å². The lowest BCUT2D eigenvalue weighted by Gasteiger charge is -2.23. The molecule has 3 aromatic rings. The molecule has 1 atom stereocenters. The fourth-order valence-corrected chi connectivity index (χ4v) is 2.75. The van der Waals surface area contributed by atoms with E-state index in [-0.39, 0.29) is 6.04 Å². The summed E-state index contributed by atoms with van der Waals surface area (Å²) in [4.78, 5) is 7.67. The molecular weight excluding hydrogens is 240 g/mol. The van der Waals surface area contributed by atoms with Crippen molar-refractivity contribution in [1.29, 1.82) is 0 Å². The molecule has 0 fully saturated rings. The Morgan fingerprint density at radius 1 is 1.37 bits per heavy atom. The molecule has 0 bridgehead atoms.